The molecule has 0 spiro atoms. The van der Waals surface area contributed by atoms with E-state index in [0.717, 1.165) is 12.2 Å². The van der Waals surface area contributed by atoms with Crippen LogP contribution in [0, 0.1) is 0 Å². The SMILES string of the molecule is Cn1c2[n+](c3c1cn1cccnc31)Cc1ccccc1-2. The quantitative estimate of drug-likeness (QED) is 0.392. The van der Waals surface area contributed by atoms with Crippen molar-refractivity contribution < 1.29 is 4.57 Å². The highest BCUT2D eigenvalue weighted by Gasteiger charge is 2.34. The van der Waals surface area contributed by atoms with Crippen LogP contribution >= 0.6 is 0 Å². The van der Waals surface area contributed by atoms with E-state index in [-0.39, 0.29) is 0 Å². The molecule has 0 unspecified atom stereocenters. The highest BCUT2D eigenvalue weighted by molar-refractivity contribution is 5.89. The molecule has 20 heavy (non-hydrogen) atoms. The second-order valence-corrected chi connectivity index (χ2v) is 5.34. The van der Waals surface area contributed by atoms with Gasteiger partial charge in [-0.25, -0.2) is 14.1 Å². The predicted octanol–water partition coefficient (Wildman–Crippen LogP) is 2.14. The minimum Gasteiger partial charge on any atom is -0.300 e. The van der Waals surface area contributed by atoms with Gasteiger partial charge in [0.15, 0.2) is 11.2 Å². The molecule has 0 aliphatic carbocycles. The number of fused-ring (bicyclic) bond motifs is 7. The van der Waals surface area contributed by atoms with Crippen molar-refractivity contribution >= 4 is 16.7 Å². The molecule has 1 aliphatic heterocycles. The Morgan fingerprint density at radius 2 is 2.10 bits per heavy atom. The van der Waals surface area contributed by atoms with Gasteiger partial charge >= 0.3 is 0 Å². The third-order valence-corrected chi connectivity index (χ3v) is 4.28. The zero-order chi connectivity index (χ0) is 13.3. The van der Waals surface area contributed by atoms with E-state index in [4.69, 9.17) is 0 Å². The van der Waals surface area contributed by atoms with Crippen molar-refractivity contribution in [3.05, 3.63) is 54.5 Å². The van der Waals surface area contributed by atoms with Gasteiger partial charge < -0.3 is 4.40 Å². The van der Waals surface area contributed by atoms with Gasteiger partial charge in [-0.2, -0.15) is 0 Å². The molecule has 0 atom stereocenters. The van der Waals surface area contributed by atoms with Crippen LogP contribution < -0.4 is 4.57 Å². The number of hydrogen-bond acceptors (Lipinski definition) is 1. The van der Waals surface area contributed by atoms with Crippen molar-refractivity contribution in [2.75, 3.05) is 0 Å². The maximum atomic E-state index is 4.55. The predicted molar refractivity (Wildman–Crippen MR) is 76.4 cm³/mol. The van der Waals surface area contributed by atoms with E-state index in [1.165, 1.54) is 28.0 Å². The Bertz CT molecular complexity index is 990. The fraction of sp³-hybridized carbons (Fsp3) is 0.125. The molecular formula is C16H13N4+. The van der Waals surface area contributed by atoms with Crippen LogP contribution in [0.5, 0.6) is 0 Å². The first-order chi connectivity index (χ1) is 9.84. The van der Waals surface area contributed by atoms with Gasteiger partial charge in [-0.1, -0.05) is 18.2 Å². The molecule has 4 nitrogen and oxygen atoms in total. The van der Waals surface area contributed by atoms with E-state index in [2.05, 4.69) is 62.2 Å². The molecule has 0 amide bonds. The molecular weight excluding hydrogens is 248 g/mol. The monoisotopic (exact) mass is 261 g/mol. The summed E-state index contributed by atoms with van der Waals surface area (Å²) in [5.41, 5.74) is 6.19. The highest BCUT2D eigenvalue weighted by Crippen LogP contribution is 2.31. The molecule has 3 aromatic heterocycles. The Morgan fingerprint density at radius 1 is 1.20 bits per heavy atom. The molecule has 0 radical (unpaired) electrons. The maximum absolute atomic E-state index is 4.55. The van der Waals surface area contributed by atoms with Crippen molar-refractivity contribution in [2.45, 2.75) is 6.54 Å². The van der Waals surface area contributed by atoms with Crippen molar-refractivity contribution in [1.82, 2.24) is 14.0 Å². The van der Waals surface area contributed by atoms with Gasteiger partial charge in [-0.15, -0.1) is 0 Å². The molecule has 1 aromatic carbocycles. The minimum atomic E-state index is 0.930. The molecule has 0 fully saturated rings. The molecule has 0 saturated carbocycles. The first-order valence-corrected chi connectivity index (χ1v) is 6.77. The summed E-state index contributed by atoms with van der Waals surface area (Å²) in [7, 11) is 2.13. The number of benzene rings is 1. The third-order valence-electron chi connectivity index (χ3n) is 4.28. The standard InChI is InChI=1S/C16H13N4/c1-18-13-10-19-8-4-7-17-15(19)14(13)20-9-11-5-2-3-6-12(11)16(18)20/h2-8,10H,9H2,1H3/q+1. The molecule has 4 heteroatoms. The third kappa shape index (κ3) is 1.04. The van der Waals surface area contributed by atoms with Crippen molar-refractivity contribution in [3.8, 4) is 11.4 Å². The smallest absolute Gasteiger partial charge is 0.290 e. The Kier molecular flexibility index (Phi) is 1.67. The lowest BCUT2D eigenvalue weighted by molar-refractivity contribution is -0.645. The van der Waals surface area contributed by atoms with Crippen molar-refractivity contribution in [2.24, 2.45) is 7.05 Å². The van der Waals surface area contributed by atoms with Gasteiger partial charge in [0.1, 0.15) is 6.54 Å². The number of aromatic nitrogens is 4. The Labute approximate surface area is 115 Å². The van der Waals surface area contributed by atoms with E-state index in [1.807, 2.05) is 12.3 Å². The summed E-state index contributed by atoms with van der Waals surface area (Å²) in [6.07, 6.45) is 6.07. The van der Waals surface area contributed by atoms with Crippen LogP contribution in [0.15, 0.2) is 48.9 Å². The number of imidazole rings is 1. The van der Waals surface area contributed by atoms with Crippen molar-refractivity contribution in [1.29, 1.82) is 0 Å². The average molecular weight is 261 g/mol. The summed E-state index contributed by atoms with van der Waals surface area (Å²) in [4.78, 5) is 4.55. The van der Waals surface area contributed by atoms with Gasteiger partial charge in [0, 0.05) is 18.0 Å². The lowest BCUT2D eigenvalue weighted by Gasteiger charge is -1.94. The highest BCUT2D eigenvalue weighted by atomic mass is 15.2. The van der Waals surface area contributed by atoms with Crippen LogP contribution in [-0.4, -0.2) is 14.0 Å². The molecule has 4 heterocycles. The van der Waals surface area contributed by atoms with E-state index in [1.54, 1.807) is 0 Å². The van der Waals surface area contributed by atoms with E-state index < -0.39 is 0 Å². The second kappa shape index (κ2) is 3.28. The fourth-order valence-corrected chi connectivity index (χ4v) is 3.41. The molecule has 1 aliphatic rings. The van der Waals surface area contributed by atoms with Crippen LogP contribution in [0.1, 0.15) is 5.56 Å². The molecule has 5 rings (SSSR count). The normalized spacial score (nSPS) is 13.1. The van der Waals surface area contributed by atoms with E-state index in [0.29, 0.717) is 0 Å². The summed E-state index contributed by atoms with van der Waals surface area (Å²) in [6.45, 7) is 0.930. The largest absolute Gasteiger partial charge is 0.300 e. The summed E-state index contributed by atoms with van der Waals surface area (Å²) in [6, 6.07) is 10.6. The van der Waals surface area contributed by atoms with Gasteiger partial charge in [-0.3, -0.25) is 0 Å². The van der Waals surface area contributed by atoms with Gasteiger partial charge in [0.05, 0.1) is 18.8 Å². The number of hydrogen-bond donors (Lipinski definition) is 0. The molecule has 96 valence electrons. The van der Waals surface area contributed by atoms with Gasteiger partial charge in [-0.05, 0) is 12.1 Å². The van der Waals surface area contributed by atoms with Crippen LogP contribution in [0.3, 0.4) is 0 Å². The number of aryl methyl sites for hydroxylation is 1. The Hall–Kier alpha value is -2.62. The van der Waals surface area contributed by atoms with E-state index >= 15 is 0 Å². The first kappa shape index (κ1) is 10.2. The Morgan fingerprint density at radius 3 is 3.05 bits per heavy atom. The first-order valence-electron chi connectivity index (χ1n) is 6.77. The maximum Gasteiger partial charge on any atom is 0.290 e. The molecule has 0 saturated heterocycles. The zero-order valence-corrected chi connectivity index (χ0v) is 11.1. The summed E-state index contributed by atoms with van der Waals surface area (Å²) in [5, 5.41) is 0. The minimum absolute atomic E-state index is 0.930. The number of rotatable bonds is 0. The lowest BCUT2D eigenvalue weighted by Crippen LogP contribution is -2.31. The summed E-state index contributed by atoms with van der Waals surface area (Å²) >= 11 is 0. The fourth-order valence-electron chi connectivity index (χ4n) is 3.41. The second-order valence-electron chi connectivity index (χ2n) is 5.34. The van der Waals surface area contributed by atoms with Crippen molar-refractivity contribution in [3.63, 3.8) is 0 Å². The Balaban J connectivity index is 1.99. The van der Waals surface area contributed by atoms with Crippen LogP contribution in [0.4, 0.5) is 0 Å². The van der Waals surface area contributed by atoms with Crippen LogP contribution in [0.2, 0.25) is 0 Å². The molecule has 4 aromatic rings. The summed E-state index contributed by atoms with van der Waals surface area (Å²) < 4.78 is 6.75. The molecule has 0 bridgehead atoms. The van der Waals surface area contributed by atoms with Gasteiger partial charge in [0.25, 0.3) is 5.82 Å². The van der Waals surface area contributed by atoms with Crippen LogP contribution in [0.25, 0.3) is 28.1 Å². The lowest BCUT2D eigenvalue weighted by atomic mass is 10.1. The number of nitrogens with zero attached hydrogens (tertiary/aromatic N) is 4. The summed E-state index contributed by atoms with van der Waals surface area (Å²) in [5.74, 6) is 1.28. The average Bonchev–Trinajstić information content (AvgIpc) is 3.10. The topological polar surface area (TPSA) is 26.1 Å². The van der Waals surface area contributed by atoms with E-state index in [9.17, 15) is 0 Å². The van der Waals surface area contributed by atoms with Gasteiger partial charge in [0.2, 0.25) is 5.52 Å². The van der Waals surface area contributed by atoms with Crippen LogP contribution in [-0.2, 0) is 13.6 Å². The molecule has 0 N–H and O–H groups in total. The zero-order valence-electron chi connectivity index (χ0n) is 11.1.